The normalized spacial score (nSPS) is 16.1. The number of likely N-dealkylation sites (tertiary alicyclic amines) is 1. The van der Waals surface area contributed by atoms with Crippen LogP contribution in [0.25, 0.3) is 11.4 Å². The number of benzene rings is 2. The maximum Gasteiger partial charge on any atom is 0.318 e. The number of urea groups is 1. The van der Waals surface area contributed by atoms with E-state index >= 15 is 0 Å². The Morgan fingerprint density at radius 1 is 1.24 bits per heavy atom. The Hall–Kier alpha value is -3.35. The van der Waals surface area contributed by atoms with E-state index in [2.05, 4.69) is 15.5 Å². The molecular formula is C22H24N4O3. The van der Waals surface area contributed by atoms with Crippen molar-refractivity contribution < 1.29 is 14.1 Å². The van der Waals surface area contributed by atoms with Crippen LogP contribution in [0.15, 0.2) is 53.1 Å². The van der Waals surface area contributed by atoms with Gasteiger partial charge in [0.25, 0.3) is 0 Å². The number of rotatable bonds is 5. The fourth-order valence-corrected chi connectivity index (χ4v) is 3.56. The molecule has 0 bridgehead atoms. The van der Waals surface area contributed by atoms with Gasteiger partial charge in [-0.15, -0.1) is 0 Å². The van der Waals surface area contributed by atoms with Gasteiger partial charge in [-0.1, -0.05) is 47.1 Å². The number of carbonyl (C=O) groups is 1. The number of nitrogens with one attached hydrogen (secondary N) is 1. The topological polar surface area (TPSA) is 80.5 Å². The van der Waals surface area contributed by atoms with E-state index in [0.29, 0.717) is 30.6 Å². The highest BCUT2D eigenvalue weighted by molar-refractivity contribution is 5.75. The summed E-state index contributed by atoms with van der Waals surface area (Å²) in [6.07, 6.45) is 1.69. The summed E-state index contributed by atoms with van der Waals surface area (Å²) in [6.45, 7) is 3.19. The molecule has 0 radical (unpaired) electrons. The molecule has 150 valence electrons. The zero-order chi connectivity index (χ0) is 20.2. The Morgan fingerprint density at radius 2 is 2.03 bits per heavy atom. The lowest BCUT2D eigenvalue weighted by molar-refractivity contribution is 0.180. The van der Waals surface area contributed by atoms with Crippen LogP contribution in [-0.2, 0) is 6.54 Å². The van der Waals surface area contributed by atoms with Crippen LogP contribution in [0.2, 0.25) is 0 Å². The van der Waals surface area contributed by atoms with Crippen molar-refractivity contribution in [3.63, 3.8) is 0 Å². The average molecular weight is 392 g/mol. The Bertz CT molecular complexity index is 984. The van der Waals surface area contributed by atoms with Gasteiger partial charge in [0, 0.05) is 13.1 Å². The van der Waals surface area contributed by atoms with Crippen molar-refractivity contribution in [3.05, 3.63) is 65.5 Å². The van der Waals surface area contributed by atoms with Crippen molar-refractivity contribution in [2.24, 2.45) is 0 Å². The molecule has 2 heterocycles. The maximum atomic E-state index is 12.8. The highest BCUT2D eigenvalue weighted by Crippen LogP contribution is 2.33. The Morgan fingerprint density at radius 3 is 2.83 bits per heavy atom. The third-order valence-electron chi connectivity index (χ3n) is 5.15. The van der Waals surface area contributed by atoms with Crippen LogP contribution >= 0.6 is 0 Å². The molecule has 0 spiro atoms. The molecule has 2 aromatic carbocycles. The van der Waals surface area contributed by atoms with Gasteiger partial charge in [0.15, 0.2) is 0 Å². The quantitative estimate of drug-likeness (QED) is 0.707. The Kier molecular flexibility index (Phi) is 5.46. The molecule has 0 saturated carbocycles. The van der Waals surface area contributed by atoms with Crippen molar-refractivity contribution in [3.8, 4) is 17.1 Å². The zero-order valence-corrected chi connectivity index (χ0v) is 16.6. The number of carbonyl (C=O) groups excluding carboxylic acids is 1. The fourth-order valence-electron chi connectivity index (χ4n) is 3.56. The number of aromatic nitrogens is 2. The number of nitrogens with zero attached hydrogens (tertiary/aromatic N) is 3. The number of methoxy groups -OCH3 is 1. The summed E-state index contributed by atoms with van der Waals surface area (Å²) in [7, 11) is 1.61. The summed E-state index contributed by atoms with van der Waals surface area (Å²) in [5.41, 5.74) is 3.02. The summed E-state index contributed by atoms with van der Waals surface area (Å²) in [5, 5.41) is 7.10. The largest absolute Gasteiger partial charge is 0.496 e. The molecule has 7 heteroatoms. The van der Waals surface area contributed by atoms with E-state index in [-0.39, 0.29) is 12.1 Å². The van der Waals surface area contributed by atoms with Gasteiger partial charge in [0.2, 0.25) is 11.7 Å². The minimum absolute atomic E-state index is 0.120. The van der Waals surface area contributed by atoms with E-state index in [9.17, 15) is 4.79 Å². The summed E-state index contributed by atoms with van der Waals surface area (Å²) >= 11 is 0. The van der Waals surface area contributed by atoms with Gasteiger partial charge >= 0.3 is 6.03 Å². The van der Waals surface area contributed by atoms with E-state index in [1.807, 2.05) is 55.5 Å². The summed E-state index contributed by atoms with van der Waals surface area (Å²) in [6, 6.07) is 15.3. The summed E-state index contributed by atoms with van der Waals surface area (Å²) in [5.74, 6) is 1.59. The van der Waals surface area contributed by atoms with Gasteiger partial charge in [-0.2, -0.15) is 4.98 Å². The second-order valence-corrected chi connectivity index (χ2v) is 7.15. The van der Waals surface area contributed by atoms with Crippen LogP contribution in [-0.4, -0.2) is 34.7 Å². The monoisotopic (exact) mass is 392 g/mol. The minimum atomic E-state index is -0.219. The fraction of sp³-hybridized carbons (Fsp3) is 0.318. The standard InChI is InChI=1S/C22H24N4O3/c1-15-9-11-16(12-10-15)14-23-22(27)26-13-5-7-18(26)21-24-20(25-29-21)17-6-3-4-8-19(17)28-2/h3-4,6,8-12,18H,5,7,13-14H2,1-2H3,(H,23,27)/t18-/m1/s1. The first-order valence-corrected chi connectivity index (χ1v) is 9.72. The highest BCUT2D eigenvalue weighted by atomic mass is 16.5. The van der Waals surface area contributed by atoms with Crippen LogP contribution in [0.4, 0.5) is 4.79 Å². The number of para-hydroxylation sites is 1. The first-order chi connectivity index (χ1) is 14.2. The van der Waals surface area contributed by atoms with Crippen LogP contribution in [0.5, 0.6) is 5.75 Å². The van der Waals surface area contributed by atoms with E-state index in [1.165, 1.54) is 5.56 Å². The molecule has 2 amide bonds. The maximum absolute atomic E-state index is 12.8. The van der Waals surface area contributed by atoms with Gasteiger partial charge in [-0.3, -0.25) is 0 Å². The zero-order valence-electron chi connectivity index (χ0n) is 16.6. The second kappa shape index (κ2) is 8.34. The Labute approximate surface area is 169 Å². The minimum Gasteiger partial charge on any atom is -0.496 e. The molecule has 0 aliphatic carbocycles. The van der Waals surface area contributed by atoms with Crippen molar-refractivity contribution in [1.29, 1.82) is 0 Å². The molecule has 1 aromatic heterocycles. The van der Waals surface area contributed by atoms with Crippen LogP contribution in [0, 0.1) is 6.92 Å². The number of ether oxygens (including phenoxy) is 1. The molecule has 1 aliphatic rings. The molecule has 29 heavy (non-hydrogen) atoms. The van der Waals surface area contributed by atoms with Crippen molar-refractivity contribution in [2.45, 2.75) is 32.4 Å². The number of amides is 2. The number of aryl methyl sites for hydroxylation is 1. The first kappa shape index (κ1) is 19.0. The molecule has 7 nitrogen and oxygen atoms in total. The smallest absolute Gasteiger partial charge is 0.318 e. The third-order valence-corrected chi connectivity index (χ3v) is 5.15. The SMILES string of the molecule is COc1ccccc1-c1noc([C@H]2CCCN2C(=O)NCc2ccc(C)cc2)n1. The van der Waals surface area contributed by atoms with Crippen molar-refractivity contribution in [1.82, 2.24) is 20.4 Å². The van der Waals surface area contributed by atoms with Crippen molar-refractivity contribution >= 4 is 6.03 Å². The third kappa shape index (κ3) is 4.08. The van der Waals surface area contributed by atoms with E-state index < -0.39 is 0 Å². The van der Waals surface area contributed by atoms with E-state index in [1.54, 1.807) is 12.0 Å². The first-order valence-electron chi connectivity index (χ1n) is 9.72. The molecule has 4 rings (SSSR count). The highest BCUT2D eigenvalue weighted by Gasteiger charge is 2.34. The predicted octanol–water partition coefficient (Wildman–Crippen LogP) is 4.10. The molecule has 1 saturated heterocycles. The Balaban J connectivity index is 1.46. The molecule has 1 aliphatic heterocycles. The number of hydrogen-bond donors (Lipinski definition) is 1. The molecule has 0 unspecified atom stereocenters. The van der Waals surface area contributed by atoms with Gasteiger partial charge in [-0.05, 0) is 37.5 Å². The van der Waals surface area contributed by atoms with Crippen LogP contribution in [0.1, 0.15) is 35.9 Å². The van der Waals surface area contributed by atoms with Crippen LogP contribution in [0.3, 0.4) is 0 Å². The second-order valence-electron chi connectivity index (χ2n) is 7.15. The predicted molar refractivity (Wildman–Crippen MR) is 108 cm³/mol. The average Bonchev–Trinajstić information content (AvgIpc) is 3.42. The van der Waals surface area contributed by atoms with Crippen molar-refractivity contribution in [2.75, 3.05) is 13.7 Å². The van der Waals surface area contributed by atoms with Gasteiger partial charge in [-0.25, -0.2) is 4.79 Å². The van der Waals surface area contributed by atoms with E-state index in [4.69, 9.17) is 9.26 Å². The molecular weight excluding hydrogens is 368 g/mol. The lowest BCUT2D eigenvalue weighted by Crippen LogP contribution is -2.39. The number of hydrogen-bond acceptors (Lipinski definition) is 5. The molecule has 3 aromatic rings. The molecule has 1 fully saturated rings. The van der Waals surface area contributed by atoms with Gasteiger partial charge < -0.3 is 19.5 Å². The molecule has 1 atom stereocenters. The van der Waals surface area contributed by atoms with Gasteiger partial charge in [0.05, 0.1) is 12.7 Å². The lowest BCUT2D eigenvalue weighted by atomic mass is 10.1. The summed E-state index contributed by atoms with van der Waals surface area (Å²) in [4.78, 5) is 19.1. The van der Waals surface area contributed by atoms with E-state index in [0.717, 1.165) is 24.0 Å². The summed E-state index contributed by atoms with van der Waals surface area (Å²) < 4.78 is 10.9. The van der Waals surface area contributed by atoms with Crippen LogP contribution < -0.4 is 10.1 Å². The van der Waals surface area contributed by atoms with Gasteiger partial charge in [0.1, 0.15) is 11.8 Å². The molecule has 1 N–H and O–H groups in total. The lowest BCUT2D eigenvalue weighted by Gasteiger charge is -2.22.